The van der Waals surface area contributed by atoms with Gasteiger partial charge in [0.05, 0.1) is 5.69 Å². The monoisotopic (exact) mass is 242 g/mol. The van der Waals surface area contributed by atoms with Gasteiger partial charge in [0.25, 0.3) is 0 Å². The van der Waals surface area contributed by atoms with Crippen molar-refractivity contribution in [1.29, 1.82) is 5.26 Å². The second-order valence-corrected chi connectivity index (χ2v) is 4.50. The maximum absolute atomic E-state index is 12.1. The fourth-order valence-corrected chi connectivity index (χ4v) is 2.16. The van der Waals surface area contributed by atoms with Crippen LogP contribution in [0.1, 0.15) is 15.4 Å². The maximum atomic E-state index is 12.1. The molecule has 2 rings (SSSR count). The van der Waals surface area contributed by atoms with E-state index in [-0.39, 0.29) is 11.4 Å². The van der Waals surface area contributed by atoms with Crippen LogP contribution in [0.4, 0.5) is 0 Å². The SMILES string of the molecule is Cn1cccc1C(=O)/C(C#N)=C/c1cccs1. The van der Waals surface area contributed by atoms with Crippen LogP contribution in [0.2, 0.25) is 0 Å². The van der Waals surface area contributed by atoms with E-state index in [2.05, 4.69) is 0 Å². The minimum absolute atomic E-state index is 0.161. The van der Waals surface area contributed by atoms with Crippen molar-refractivity contribution in [2.24, 2.45) is 7.05 Å². The Balaban J connectivity index is 2.36. The molecule has 0 aliphatic heterocycles. The molecule has 0 amide bonds. The number of aromatic nitrogens is 1. The molecule has 0 spiro atoms. The van der Waals surface area contributed by atoms with Crippen LogP contribution in [-0.2, 0) is 7.05 Å². The lowest BCUT2D eigenvalue weighted by Gasteiger charge is -2.00. The van der Waals surface area contributed by atoms with Gasteiger partial charge in [0, 0.05) is 18.1 Å². The quantitative estimate of drug-likeness (QED) is 0.472. The van der Waals surface area contributed by atoms with Gasteiger partial charge in [-0.3, -0.25) is 4.79 Å². The van der Waals surface area contributed by atoms with E-state index in [9.17, 15) is 4.79 Å². The van der Waals surface area contributed by atoms with Gasteiger partial charge in [0.1, 0.15) is 11.6 Å². The summed E-state index contributed by atoms with van der Waals surface area (Å²) in [4.78, 5) is 13.0. The second-order valence-electron chi connectivity index (χ2n) is 3.52. The van der Waals surface area contributed by atoms with Gasteiger partial charge < -0.3 is 4.57 Å². The fourth-order valence-electron chi connectivity index (χ4n) is 1.50. The zero-order valence-corrected chi connectivity index (χ0v) is 10.1. The van der Waals surface area contributed by atoms with Crippen LogP contribution in [0.25, 0.3) is 6.08 Å². The highest BCUT2D eigenvalue weighted by Crippen LogP contribution is 2.16. The molecule has 84 valence electrons. The molecule has 0 aliphatic carbocycles. The number of thiophene rings is 1. The van der Waals surface area contributed by atoms with E-state index in [0.29, 0.717) is 5.69 Å². The Morgan fingerprint density at radius 3 is 2.82 bits per heavy atom. The van der Waals surface area contributed by atoms with E-state index < -0.39 is 0 Å². The second kappa shape index (κ2) is 4.81. The van der Waals surface area contributed by atoms with Crippen LogP contribution in [-0.4, -0.2) is 10.4 Å². The first-order valence-corrected chi connectivity index (χ1v) is 5.91. The molecule has 0 saturated heterocycles. The summed E-state index contributed by atoms with van der Waals surface area (Å²) in [5, 5.41) is 11.0. The van der Waals surface area contributed by atoms with E-state index in [1.807, 2.05) is 23.6 Å². The first-order valence-electron chi connectivity index (χ1n) is 5.03. The molecule has 3 nitrogen and oxygen atoms in total. The van der Waals surface area contributed by atoms with Crippen molar-refractivity contribution in [3.63, 3.8) is 0 Å². The number of aryl methyl sites for hydroxylation is 1. The van der Waals surface area contributed by atoms with Crippen molar-refractivity contribution in [3.8, 4) is 6.07 Å². The minimum atomic E-state index is -0.242. The number of Topliss-reactive ketones (excluding diaryl/α,β-unsaturated/α-hetero) is 1. The van der Waals surface area contributed by atoms with Gasteiger partial charge in [-0.1, -0.05) is 6.07 Å². The predicted octanol–water partition coefficient (Wildman–Crippen LogP) is 2.88. The van der Waals surface area contributed by atoms with Gasteiger partial charge in [-0.2, -0.15) is 5.26 Å². The molecule has 0 bridgehead atoms. The molecular weight excluding hydrogens is 232 g/mol. The van der Waals surface area contributed by atoms with Crippen molar-refractivity contribution in [3.05, 3.63) is 52.0 Å². The third-order valence-corrected chi connectivity index (χ3v) is 3.19. The first-order chi connectivity index (χ1) is 8.22. The Morgan fingerprint density at radius 1 is 1.47 bits per heavy atom. The lowest BCUT2D eigenvalue weighted by atomic mass is 10.1. The van der Waals surface area contributed by atoms with Crippen molar-refractivity contribution < 1.29 is 4.79 Å². The van der Waals surface area contributed by atoms with Crippen molar-refractivity contribution in [2.45, 2.75) is 0 Å². The molecule has 0 aliphatic rings. The number of carbonyl (C=O) groups excluding carboxylic acids is 1. The average Bonchev–Trinajstić information content (AvgIpc) is 2.96. The van der Waals surface area contributed by atoms with E-state index in [0.717, 1.165) is 4.88 Å². The molecule has 0 saturated carbocycles. The third-order valence-electron chi connectivity index (χ3n) is 2.37. The van der Waals surface area contributed by atoms with Crippen LogP contribution in [0.3, 0.4) is 0 Å². The number of carbonyl (C=O) groups is 1. The molecule has 4 heteroatoms. The van der Waals surface area contributed by atoms with Gasteiger partial charge in [-0.05, 0) is 29.7 Å². The molecule has 2 aromatic heterocycles. The van der Waals surface area contributed by atoms with E-state index in [4.69, 9.17) is 5.26 Å². The molecule has 2 aromatic rings. The van der Waals surface area contributed by atoms with Gasteiger partial charge in [0.15, 0.2) is 0 Å². The maximum Gasteiger partial charge on any atom is 0.219 e. The van der Waals surface area contributed by atoms with Crippen molar-refractivity contribution >= 4 is 23.2 Å². The Bertz CT molecular complexity index is 600. The highest BCUT2D eigenvalue weighted by Gasteiger charge is 2.14. The zero-order valence-electron chi connectivity index (χ0n) is 9.25. The first kappa shape index (κ1) is 11.4. The Hall–Kier alpha value is -2.12. The smallest absolute Gasteiger partial charge is 0.219 e. The molecule has 0 N–H and O–H groups in total. The average molecular weight is 242 g/mol. The third kappa shape index (κ3) is 2.35. The van der Waals surface area contributed by atoms with Gasteiger partial charge in [0.2, 0.25) is 5.78 Å². The summed E-state index contributed by atoms with van der Waals surface area (Å²) < 4.78 is 1.71. The number of ketones is 1. The van der Waals surface area contributed by atoms with Crippen LogP contribution in [0, 0.1) is 11.3 Å². The summed E-state index contributed by atoms with van der Waals surface area (Å²) in [6.45, 7) is 0. The van der Waals surface area contributed by atoms with Crippen LogP contribution < -0.4 is 0 Å². The van der Waals surface area contributed by atoms with E-state index >= 15 is 0 Å². The zero-order chi connectivity index (χ0) is 12.3. The lowest BCUT2D eigenvalue weighted by Crippen LogP contribution is -2.07. The molecular formula is C13H10N2OS. The molecule has 0 unspecified atom stereocenters. The number of nitriles is 1. The molecule has 0 radical (unpaired) electrons. The van der Waals surface area contributed by atoms with E-state index in [1.165, 1.54) is 11.3 Å². The number of hydrogen-bond acceptors (Lipinski definition) is 3. The van der Waals surface area contributed by atoms with Crippen LogP contribution in [0.15, 0.2) is 41.4 Å². The summed E-state index contributed by atoms with van der Waals surface area (Å²) in [7, 11) is 1.79. The number of allylic oxidation sites excluding steroid dienone is 1. The van der Waals surface area contributed by atoms with Crippen LogP contribution in [0.5, 0.6) is 0 Å². The molecule has 0 fully saturated rings. The van der Waals surface area contributed by atoms with Gasteiger partial charge in [-0.15, -0.1) is 11.3 Å². The molecule has 2 heterocycles. The Kier molecular flexibility index (Phi) is 3.22. The molecule has 0 atom stereocenters. The predicted molar refractivity (Wildman–Crippen MR) is 67.7 cm³/mol. The summed E-state index contributed by atoms with van der Waals surface area (Å²) in [6.07, 6.45) is 3.41. The molecule has 17 heavy (non-hydrogen) atoms. The summed E-state index contributed by atoms with van der Waals surface area (Å²) in [5.74, 6) is -0.242. The number of hydrogen-bond donors (Lipinski definition) is 0. The largest absolute Gasteiger partial charge is 0.348 e. The van der Waals surface area contributed by atoms with Crippen molar-refractivity contribution in [1.82, 2.24) is 4.57 Å². The fraction of sp³-hybridized carbons (Fsp3) is 0.0769. The number of nitrogens with zero attached hydrogens (tertiary/aromatic N) is 2. The summed E-state index contributed by atoms with van der Waals surface area (Å²) >= 11 is 1.50. The minimum Gasteiger partial charge on any atom is -0.348 e. The topological polar surface area (TPSA) is 45.8 Å². The molecule has 0 aromatic carbocycles. The highest BCUT2D eigenvalue weighted by molar-refractivity contribution is 7.10. The lowest BCUT2D eigenvalue weighted by molar-refractivity contribution is 0.103. The summed E-state index contributed by atoms with van der Waals surface area (Å²) in [6, 6.07) is 9.22. The standard InChI is InChI=1S/C13H10N2OS/c1-15-6-2-5-12(15)13(16)10(9-14)8-11-4-3-7-17-11/h2-8H,1H3/b10-8+. The van der Waals surface area contributed by atoms with Crippen molar-refractivity contribution in [2.75, 3.05) is 0 Å². The van der Waals surface area contributed by atoms with Gasteiger partial charge in [-0.25, -0.2) is 0 Å². The normalized spacial score (nSPS) is 11.2. The number of rotatable bonds is 3. The Morgan fingerprint density at radius 2 is 2.29 bits per heavy atom. The summed E-state index contributed by atoms with van der Waals surface area (Å²) in [5.41, 5.74) is 0.684. The van der Waals surface area contributed by atoms with Crippen LogP contribution >= 0.6 is 11.3 Å². The van der Waals surface area contributed by atoms with Gasteiger partial charge >= 0.3 is 0 Å². The van der Waals surface area contributed by atoms with E-state index in [1.54, 1.807) is 36.0 Å². The Labute approximate surface area is 103 Å². The highest BCUT2D eigenvalue weighted by atomic mass is 32.1.